The maximum Gasteiger partial charge on any atom is 0.226 e. The van der Waals surface area contributed by atoms with Crippen LogP contribution in [0.5, 0.6) is 0 Å². The molecular weight excluding hydrogens is 455 g/mol. The van der Waals surface area contributed by atoms with Crippen molar-refractivity contribution in [3.05, 3.63) is 75.6 Å². The predicted molar refractivity (Wildman–Crippen MR) is 132 cm³/mol. The molecule has 0 bridgehead atoms. The number of amides is 1. The molecule has 1 amide bonds. The topological polar surface area (TPSA) is 55.1 Å². The van der Waals surface area contributed by atoms with Crippen LogP contribution >= 0.6 is 23.2 Å². The fraction of sp³-hybridized carbons (Fsp3) is 0.407. The zero-order valence-corrected chi connectivity index (χ0v) is 20.6. The number of oxazole rings is 1. The number of hydrogen-bond donors (Lipinski definition) is 1. The summed E-state index contributed by atoms with van der Waals surface area (Å²) in [6, 6.07) is 14.3. The van der Waals surface area contributed by atoms with Crippen molar-refractivity contribution in [2.24, 2.45) is 11.3 Å². The summed E-state index contributed by atoms with van der Waals surface area (Å²) >= 11 is 13.1. The van der Waals surface area contributed by atoms with Crippen molar-refractivity contribution in [1.82, 2.24) is 10.3 Å². The van der Waals surface area contributed by atoms with Gasteiger partial charge in [0.1, 0.15) is 6.26 Å². The van der Waals surface area contributed by atoms with Gasteiger partial charge in [0.15, 0.2) is 0 Å². The highest BCUT2D eigenvalue weighted by molar-refractivity contribution is 6.31. The van der Waals surface area contributed by atoms with Crippen molar-refractivity contribution in [2.75, 3.05) is 0 Å². The number of hydrogen-bond acceptors (Lipinski definition) is 3. The summed E-state index contributed by atoms with van der Waals surface area (Å²) in [5.41, 5.74) is 3.68. The SMILES string of the molecule is CC[C@@]12CC[C@@H](c3ccc(-c4nc(C)co4)cc3Cl)[C@H](c3ccc(Cl)cc3)[C@@H]1[C@@H](C)NC2=O. The second-order valence-corrected chi connectivity index (χ2v) is 10.4. The van der Waals surface area contributed by atoms with Gasteiger partial charge in [-0.2, -0.15) is 0 Å². The molecule has 2 heterocycles. The van der Waals surface area contributed by atoms with Gasteiger partial charge in [0, 0.05) is 27.6 Å². The van der Waals surface area contributed by atoms with E-state index in [4.69, 9.17) is 27.6 Å². The van der Waals surface area contributed by atoms with Gasteiger partial charge in [0.2, 0.25) is 11.8 Å². The minimum atomic E-state index is -0.345. The third kappa shape index (κ3) is 3.68. The van der Waals surface area contributed by atoms with Gasteiger partial charge < -0.3 is 9.73 Å². The summed E-state index contributed by atoms with van der Waals surface area (Å²) in [4.78, 5) is 17.6. The van der Waals surface area contributed by atoms with Crippen LogP contribution in [0.3, 0.4) is 0 Å². The van der Waals surface area contributed by atoms with E-state index in [1.165, 1.54) is 5.56 Å². The molecule has 0 spiro atoms. The molecule has 2 aromatic carbocycles. The standard InChI is InChI=1S/C27H28Cl2N2O2/c1-4-27-12-11-21(20-10-7-18(13-22(20)29)25-30-15(2)14-33-25)23(17-5-8-19(28)9-6-17)24(27)16(3)31-26(27)32/h5-10,13-14,16,21,23-24H,4,11-12H2,1-3H3,(H,31,32)/t16-,21+,23+,24+,27-/m1/s1. The average Bonchev–Trinajstić information content (AvgIpc) is 3.35. The van der Waals surface area contributed by atoms with Crippen molar-refractivity contribution in [2.45, 2.75) is 57.9 Å². The lowest BCUT2D eigenvalue weighted by atomic mass is 9.54. The molecule has 0 unspecified atom stereocenters. The fourth-order valence-corrected chi connectivity index (χ4v) is 6.79. The molecular formula is C27H28Cl2N2O2. The Hall–Kier alpha value is -2.30. The fourth-order valence-electron chi connectivity index (χ4n) is 6.34. The summed E-state index contributed by atoms with van der Waals surface area (Å²) in [5.74, 6) is 1.29. The molecule has 0 radical (unpaired) electrons. The zero-order chi connectivity index (χ0) is 23.3. The predicted octanol–water partition coefficient (Wildman–Crippen LogP) is 7.15. The van der Waals surface area contributed by atoms with E-state index in [9.17, 15) is 4.79 Å². The van der Waals surface area contributed by atoms with Crippen LogP contribution in [-0.2, 0) is 4.79 Å². The summed E-state index contributed by atoms with van der Waals surface area (Å²) < 4.78 is 5.57. The Morgan fingerprint density at radius 3 is 2.58 bits per heavy atom. The summed E-state index contributed by atoms with van der Waals surface area (Å²) in [6.07, 6.45) is 4.23. The first kappa shape index (κ1) is 22.5. The second-order valence-electron chi connectivity index (χ2n) is 9.55. The van der Waals surface area contributed by atoms with E-state index in [0.717, 1.165) is 36.1 Å². The Labute approximate surface area is 204 Å². The van der Waals surface area contributed by atoms with Gasteiger partial charge in [-0.25, -0.2) is 4.98 Å². The van der Waals surface area contributed by atoms with Crippen molar-refractivity contribution < 1.29 is 9.21 Å². The number of rotatable bonds is 4. The lowest BCUT2D eigenvalue weighted by Crippen LogP contribution is -2.43. The number of aryl methyl sites for hydroxylation is 1. The Kier molecular flexibility index (Phi) is 5.78. The van der Waals surface area contributed by atoms with Gasteiger partial charge in [-0.1, -0.05) is 48.3 Å². The number of benzene rings is 2. The molecule has 1 saturated carbocycles. The third-order valence-electron chi connectivity index (χ3n) is 7.86. The maximum atomic E-state index is 13.1. The normalized spacial score (nSPS) is 29.1. The number of halogens is 2. The molecule has 172 valence electrons. The van der Waals surface area contributed by atoms with E-state index < -0.39 is 0 Å². The number of aromatic nitrogens is 1. The van der Waals surface area contributed by atoms with Crippen LogP contribution in [0.2, 0.25) is 10.0 Å². The lowest BCUT2D eigenvalue weighted by molar-refractivity contribution is -0.131. The molecule has 2 fully saturated rings. The molecule has 33 heavy (non-hydrogen) atoms. The Morgan fingerprint density at radius 1 is 1.18 bits per heavy atom. The van der Waals surface area contributed by atoms with Crippen LogP contribution in [0.1, 0.15) is 61.8 Å². The minimum absolute atomic E-state index is 0.0919. The van der Waals surface area contributed by atoms with Crippen molar-refractivity contribution >= 4 is 29.1 Å². The van der Waals surface area contributed by atoms with E-state index >= 15 is 0 Å². The van der Waals surface area contributed by atoms with E-state index in [0.29, 0.717) is 15.9 Å². The smallest absolute Gasteiger partial charge is 0.226 e. The van der Waals surface area contributed by atoms with Crippen molar-refractivity contribution in [3.8, 4) is 11.5 Å². The summed E-state index contributed by atoms with van der Waals surface area (Å²) in [5, 5.41) is 4.69. The molecule has 1 aliphatic carbocycles. The van der Waals surface area contributed by atoms with Gasteiger partial charge >= 0.3 is 0 Å². The Balaban J connectivity index is 1.60. The van der Waals surface area contributed by atoms with Gasteiger partial charge in [0.25, 0.3) is 0 Å². The lowest BCUT2D eigenvalue weighted by Gasteiger charge is -2.47. The molecule has 1 aliphatic heterocycles. The molecule has 3 aromatic rings. The molecule has 2 aliphatic rings. The molecule has 1 aromatic heterocycles. The Morgan fingerprint density at radius 2 is 1.94 bits per heavy atom. The van der Waals surface area contributed by atoms with Gasteiger partial charge in [-0.15, -0.1) is 0 Å². The van der Waals surface area contributed by atoms with Crippen molar-refractivity contribution in [3.63, 3.8) is 0 Å². The van der Waals surface area contributed by atoms with Crippen LogP contribution in [0, 0.1) is 18.3 Å². The second kappa shape index (κ2) is 8.48. The largest absolute Gasteiger partial charge is 0.444 e. The molecule has 5 rings (SSSR count). The quantitative estimate of drug-likeness (QED) is 0.429. The molecule has 6 heteroatoms. The van der Waals surface area contributed by atoms with Gasteiger partial charge in [-0.3, -0.25) is 4.79 Å². The van der Waals surface area contributed by atoms with E-state index in [1.54, 1.807) is 6.26 Å². The van der Waals surface area contributed by atoms with Crippen LogP contribution in [-0.4, -0.2) is 16.9 Å². The van der Waals surface area contributed by atoms with E-state index in [-0.39, 0.29) is 35.1 Å². The summed E-state index contributed by atoms with van der Waals surface area (Å²) in [7, 11) is 0. The minimum Gasteiger partial charge on any atom is -0.444 e. The number of fused-ring (bicyclic) bond motifs is 1. The maximum absolute atomic E-state index is 13.1. The average molecular weight is 483 g/mol. The number of carbonyl (C=O) groups excluding carboxylic acids is 1. The number of nitrogens with one attached hydrogen (secondary N) is 1. The Bertz CT molecular complexity index is 1190. The van der Waals surface area contributed by atoms with E-state index in [2.05, 4.69) is 42.3 Å². The summed E-state index contributed by atoms with van der Waals surface area (Å²) in [6.45, 7) is 6.19. The third-order valence-corrected chi connectivity index (χ3v) is 8.44. The molecule has 1 saturated heterocycles. The van der Waals surface area contributed by atoms with Crippen molar-refractivity contribution in [1.29, 1.82) is 0 Å². The van der Waals surface area contributed by atoms with Crippen LogP contribution < -0.4 is 5.32 Å². The van der Waals surface area contributed by atoms with Crippen LogP contribution in [0.25, 0.3) is 11.5 Å². The monoisotopic (exact) mass is 482 g/mol. The highest BCUT2D eigenvalue weighted by Gasteiger charge is 2.59. The molecule has 5 atom stereocenters. The first-order valence-electron chi connectivity index (χ1n) is 11.6. The molecule has 4 nitrogen and oxygen atoms in total. The highest BCUT2D eigenvalue weighted by atomic mass is 35.5. The first-order chi connectivity index (χ1) is 15.8. The van der Waals surface area contributed by atoms with Gasteiger partial charge in [0.05, 0.1) is 11.1 Å². The van der Waals surface area contributed by atoms with Crippen LogP contribution in [0.15, 0.2) is 53.1 Å². The van der Waals surface area contributed by atoms with Gasteiger partial charge in [-0.05, 0) is 80.3 Å². The number of nitrogens with zero attached hydrogens (tertiary/aromatic N) is 1. The van der Waals surface area contributed by atoms with E-state index in [1.807, 2.05) is 31.2 Å². The number of carbonyl (C=O) groups is 1. The molecule has 1 N–H and O–H groups in total. The zero-order valence-electron chi connectivity index (χ0n) is 19.1. The van der Waals surface area contributed by atoms with Crippen LogP contribution in [0.4, 0.5) is 0 Å². The highest BCUT2D eigenvalue weighted by Crippen LogP contribution is 2.60. The first-order valence-corrected chi connectivity index (χ1v) is 12.4.